The summed E-state index contributed by atoms with van der Waals surface area (Å²) in [6.07, 6.45) is 0. The van der Waals surface area contributed by atoms with Gasteiger partial charge in [-0.2, -0.15) is 0 Å². The number of amides is 2. The normalized spacial score (nSPS) is 17.9. The number of carbonyl (C=O) groups is 2. The van der Waals surface area contributed by atoms with Crippen LogP contribution in [-0.2, 0) is 4.79 Å². The minimum absolute atomic E-state index is 0.136. The molecule has 2 amide bonds. The summed E-state index contributed by atoms with van der Waals surface area (Å²) in [6.45, 7) is 0.136. The smallest absolute Gasteiger partial charge is 0.254 e. The van der Waals surface area contributed by atoms with Gasteiger partial charge in [0.2, 0.25) is 12.7 Å². The maximum absolute atomic E-state index is 13.9. The van der Waals surface area contributed by atoms with E-state index in [2.05, 4.69) is 5.32 Å². The van der Waals surface area contributed by atoms with Crippen molar-refractivity contribution < 1.29 is 33.3 Å². The lowest BCUT2D eigenvalue weighted by atomic mass is 9.79. The number of anilines is 1. The number of nitrogens with one attached hydrogen (secondary N) is 1. The highest BCUT2D eigenvalue weighted by molar-refractivity contribution is 6.05. The molecule has 9 heteroatoms. The van der Waals surface area contributed by atoms with Gasteiger partial charge in [-0.05, 0) is 47.5 Å². The molecule has 2 aliphatic rings. The van der Waals surface area contributed by atoms with Gasteiger partial charge in [-0.15, -0.1) is 0 Å². The second kappa shape index (κ2) is 9.33. The molecule has 0 bridgehead atoms. The van der Waals surface area contributed by atoms with E-state index in [4.69, 9.17) is 23.7 Å². The van der Waals surface area contributed by atoms with Crippen LogP contribution in [0.25, 0.3) is 0 Å². The Labute approximate surface area is 208 Å². The first-order valence-electron chi connectivity index (χ1n) is 11.3. The van der Waals surface area contributed by atoms with Gasteiger partial charge in [0.25, 0.3) is 5.91 Å². The molecule has 0 aliphatic carbocycles. The number of likely N-dealkylation sites (N-methyl/N-ethyl adjacent to an activating group) is 1. The molecule has 2 heterocycles. The highest BCUT2D eigenvalue weighted by atomic mass is 16.7. The molecule has 5 rings (SSSR count). The van der Waals surface area contributed by atoms with Crippen molar-refractivity contribution in [2.24, 2.45) is 0 Å². The molecule has 2 atom stereocenters. The Morgan fingerprint density at radius 2 is 1.61 bits per heavy atom. The van der Waals surface area contributed by atoms with Crippen LogP contribution < -0.4 is 29.0 Å². The molecular formula is C27H26N2O7. The minimum Gasteiger partial charge on any atom is -0.497 e. The van der Waals surface area contributed by atoms with Crippen molar-refractivity contribution in [2.75, 3.05) is 40.5 Å². The third-order valence-corrected chi connectivity index (χ3v) is 6.55. The molecule has 186 valence electrons. The summed E-state index contributed by atoms with van der Waals surface area (Å²) in [5, 5.41) is 3.00. The fraction of sp³-hybridized carbons (Fsp3) is 0.259. The number of nitrogens with zero attached hydrogens (tertiary/aromatic N) is 1. The van der Waals surface area contributed by atoms with E-state index >= 15 is 0 Å². The number of fused-ring (bicyclic) bond motifs is 2. The van der Waals surface area contributed by atoms with Gasteiger partial charge >= 0.3 is 0 Å². The van der Waals surface area contributed by atoms with Crippen LogP contribution in [0.2, 0.25) is 0 Å². The van der Waals surface area contributed by atoms with Gasteiger partial charge < -0.3 is 33.9 Å². The fourth-order valence-electron chi connectivity index (χ4n) is 4.74. The van der Waals surface area contributed by atoms with Crippen molar-refractivity contribution in [3.05, 3.63) is 71.3 Å². The van der Waals surface area contributed by atoms with E-state index < -0.39 is 12.0 Å². The zero-order chi connectivity index (χ0) is 25.4. The van der Waals surface area contributed by atoms with Crippen molar-refractivity contribution >= 4 is 17.5 Å². The summed E-state index contributed by atoms with van der Waals surface area (Å²) >= 11 is 0. The predicted molar refractivity (Wildman–Crippen MR) is 131 cm³/mol. The Kier molecular flexibility index (Phi) is 6.05. The zero-order valence-electron chi connectivity index (χ0n) is 20.4. The van der Waals surface area contributed by atoms with Crippen LogP contribution >= 0.6 is 0 Å². The van der Waals surface area contributed by atoms with Gasteiger partial charge in [-0.25, -0.2) is 0 Å². The molecule has 0 radical (unpaired) electrons. The van der Waals surface area contributed by atoms with Crippen molar-refractivity contribution in [3.8, 4) is 28.7 Å². The largest absolute Gasteiger partial charge is 0.497 e. The number of methoxy groups -OCH3 is 3. The van der Waals surface area contributed by atoms with Crippen molar-refractivity contribution in [2.45, 2.75) is 12.0 Å². The number of rotatable bonds is 6. The van der Waals surface area contributed by atoms with Gasteiger partial charge in [0.1, 0.15) is 5.75 Å². The van der Waals surface area contributed by atoms with Gasteiger partial charge in [0.15, 0.2) is 23.0 Å². The average Bonchev–Trinajstić information content (AvgIpc) is 3.37. The van der Waals surface area contributed by atoms with Crippen LogP contribution in [0.4, 0.5) is 5.69 Å². The lowest BCUT2D eigenvalue weighted by Crippen LogP contribution is -2.44. The van der Waals surface area contributed by atoms with Crippen LogP contribution in [0.15, 0.2) is 54.6 Å². The predicted octanol–water partition coefficient (Wildman–Crippen LogP) is 3.99. The van der Waals surface area contributed by atoms with E-state index in [0.29, 0.717) is 45.6 Å². The second-order valence-corrected chi connectivity index (χ2v) is 8.46. The van der Waals surface area contributed by atoms with Gasteiger partial charge in [-0.1, -0.05) is 12.1 Å². The summed E-state index contributed by atoms with van der Waals surface area (Å²) in [4.78, 5) is 29.0. The lowest BCUT2D eigenvalue weighted by Gasteiger charge is -2.40. The Balaban J connectivity index is 1.61. The number of hydrogen-bond acceptors (Lipinski definition) is 7. The van der Waals surface area contributed by atoms with Crippen LogP contribution in [0, 0.1) is 0 Å². The molecule has 3 aromatic carbocycles. The Hall–Kier alpha value is -4.40. The van der Waals surface area contributed by atoms with E-state index in [-0.39, 0.29) is 18.6 Å². The molecule has 2 aliphatic heterocycles. The van der Waals surface area contributed by atoms with E-state index in [1.807, 2.05) is 24.3 Å². The van der Waals surface area contributed by atoms with E-state index in [1.54, 1.807) is 49.4 Å². The zero-order valence-corrected chi connectivity index (χ0v) is 20.4. The molecule has 9 nitrogen and oxygen atoms in total. The Morgan fingerprint density at radius 1 is 0.917 bits per heavy atom. The first-order chi connectivity index (χ1) is 17.4. The van der Waals surface area contributed by atoms with Crippen molar-refractivity contribution in [1.82, 2.24) is 4.90 Å². The number of carbonyl (C=O) groups excluding carboxylic acids is 2. The summed E-state index contributed by atoms with van der Waals surface area (Å²) in [6, 6.07) is 15.3. The van der Waals surface area contributed by atoms with Crippen molar-refractivity contribution in [3.63, 3.8) is 0 Å². The van der Waals surface area contributed by atoms with Gasteiger partial charge in [-0.3, -0.25) is 9.59 Å². The van der Waals surface area contributed by atoms with E-state index in [9.17, 15) is 9.59 Å². The highest BCUT2D eigenvalue weighted by Gasteiger charge is 2.43. The van der Waals surface area contributed by atoms with Crippen LogP contribution in [0.1, 0.15) is 33.4 Å². The second-order valence-electron chi connectivity index (χ2n) is 8.46. The monoisotopic (exact) mass is 490 g/mol. The summed E-state index contributed by atoms with van der Waals surface area (Å²) < 4.78 is 27.0. The minimum atomic E-state index is -0.749. The molecule has 0 spiro atoms. The number of benzene rings is 3. The number of ether oxygens (including phenoxy) is 5. The summed E-state index contributed by atoms with van der Waals surface area (Å²) in [7, 11) is 6.30. The van der Waals surface area contributed by atoms with Gasteiger partial charge in [0, 0.05) is 24.4 Å². The standard InChI is InChI=1S/C27H26N2O7/c1-29-25(15-5-8-17(32-2)9-6-15)24(18-12-21(33-3)22(34-4)13-19(18)27(29)31)26(30)28-16-7-10-20-23(11-16)36-14-35-20/h5-13,24-25H,14H2,1-4H3,(H,28,30)/t24-,25-/m1/s1. The maximum atomic E-state index is 13.9. The fourth-order valence-corrected chi connectivity index (χ4v) is 4.74. The maximum Gasteiger partial charge on any atom is 0.254 e. The highest BCUT2D eigenvalue weighted by Crippen LogP contribution is 2.46. The molecule has 0 fully saturated rings. The molecule has 0 unspecified atom stereocenters. The Bertz CT molecular complexity index is 1320. The van der Waals surface area contributed by atoms with E-state index in [0.717, 1.165) is 5.56 Å². The molecule has 3 aromatic rings. The molecule has 0 saturated heterocycles. The van der Waals surface area contributed by atoms with E-state index in [1.165, 1.54) is 14.2 Å². The average molecular weight is 491 g/mol. The van der Waals surface area contributed by atoms with Crippen LogP contribution in [-0.4, -0.2) is 51.9 Å². The first-order valence-corrected chi connectivity index (χ1v) is 11.3. The quantitative estimate of drug-likeness (QED) is 0.558. The molecular weight excluding hydrogens is 464 g/mol. The molecule has 0 aromatic heterocycles. The Morgan fingerprint density at radius 3 is 2.31 bits per heavy atom. The summed E-state index contributed by atoms with van der Waals surface area (Å²) in [5.41, 5.74) is 2.28. The third-order valence-electron chi connectivity index (χ3n) is 6.55. The van der Waals surface area contributed by atoms with Crippen LogP contribution in [0.5, 0.6) is 28.7 Å². The third kappa shape index (κ3) is 3.92. The number of hydrogen-bond donors (Lipinski definition) is 1. The van der Waals surface area contributed by atoms with Gasteiger partial charge in [0.05, 0.1) is 33.3 Å². The molecule has 1 N–H and O–H groups in total. The topological polar surface area (TPSA) is 95.6 Å². The molecule has 0 saturated carbocycles. The lowest BCUT2D eigenvalue weighted by molar-refractivity contribution is -0.119. The molecule has 36 heavy (non-hydrogen) atoms. The first kappa shape index (κ1) is 23.3. The van der Waals surface area contributed by atoms with Crippen molar-refractivity contribution in [1.29, 1.82) is 0 Å². The summed E-state index contributed by atoms with van der Waals surface area (Å²) in [5.74, 6) is 1.44. The SMILES string of the molecule is COc1ccc([C@@H]2[C@H](C(=O)Nc3ccc4c(c3)OCO4)c3cc(OC)c(OC)cc3C(=O)N2C)cc1. The van der Waals surface area contributed by atoms with Crippen LogP contribution in [0.3, 0.4) is 0 Å².